The maximum Gasteiger partial charge on any atom is 0.245 e. The molecule has 1 heterocycles. The van der Waals surface area contributed by atoms with Crippen molar-refractivity contribution in [1.29, 1.82) is 0 Å². The molecule has 1 aliphatic rings. The standard InChI is InChI=1S/C8H13NO.C7H13NO/c1-2-8(10)9-6-4-3-5-7-9;1-4-7(9)8(5-2)6-3/h2H,1,3-7H2;4H,1,5-6H2,2-3H3. The van der Waals surface area contributed by atoms with Crippen LogP contribution in [-0.4, -0.2) is 47.8 Å². The maximum atomic E-state index is 11.0. The van der Waals surface area contributed by atoms with E-state index in [2.05, 4.69) is 13.2 Å². The number of carbonyl (C=O) groups excluding carboxylic acids is 2. The van der Waals surface area contributed by atoms with Gasteiger partial charge in [0, 0.05) is 26.2 Å². The van der Waals surface area contributed by atoms with Gasteiger partial charge < -0.3 is 9.80 Å². The quantitative estimate of drug-likeness (QED) is 0.732. The molecule has 4 nitrogen and oxygen atoms in total. The molecule has 4 heteroatoms. The monoisotopic (exact) mass is 266 g/mol. The van der Waals surface area contributed by atoms with Crippen LogP contribution < -0.4 is 0 Å². The lowest BCUT2D eigenvalue weighted by Crippen LogP contribution is -2.34. The van der Waals surface area contributed by atoms with Crippen LogP contribution in [-0.2, 0) is 9.59 Å². The molecule has 0 unspecified atom stereocenters. The summed E-state index contributed by atoms with van der Waals surface area (Å²) in [6, 6.07) is 0. The Kier molecular flexibility index (Phi) is 9.49. The Balaban J connectivity index is 0.000000344. The molecule has 0 atom stereocenters. The first kappa shape index (κ1) is 17.4. The van der Waals surface area contributed by atoms with Crippen LogP contribution in [0.5, 0.6) is 0 Å². The van der Waals surface area contributed by atoms with Crippen LogP contribution in [0.3, 0.4) is 0 Å². The molecule has 0 spiro atoms. The Morgan fingerprint density at radius 2 is 1.58 bits per heavy atom. The van der Waals surface area contributed by atoms with E-state index in [1.165, 1.54) is 18.6 Å². The molecule has 1 aliphatic heterocycles. The van der Waals surface area contributed by atoms with E-state index in [1.807, 2.05) is 18.7 Å². The van der Waals surface area contributed by atoms with Crippen LogP contribution in [0.4, 0.5) is 0 Å². The lowest BCUT2D eigenvalue weighted by atomic mass is 10.1. The van der Waals surface area contributed by atoms with Crippen LogP contribution in [0.1, 0.15) is 33.1 Å². The van der Waals surface area contributed by atoms with Gasteiger partial charge in [0.25, 0.3) is 0 Å². The van der Waals surface area contributed by atoms with E-state index in [9.17, 15) is 9.59 Å². The molecule has 19 heavy (non-hydrogen) atoms. The smallest absolute Gasteiger partial charge is 0.245 e. The van der Waals surface area contributed by atoms with E-state index in [0.29, 0.717) is 0 Å². The average Bonchev–Trinajstić information content (AvgIpc) is 2.49. The second-order valence-corrected chi connectivity index (χ2v) is 4.30. The second kappa shape index (κ2) is 10.4. The Labute approximate surface area is 116 Å². The summed E-state index contributed by atoms with van der Waals surface area (Å²) in [5, 5.41) is 0. The largest absolute Gasteiger partial charge is 0.340 e. The molecule has 0 N–H and O–H groups in total. The van der Waals surface area contributed by atoms with Crippen LogP contribution in [0, 0.1) is 0 Å². The lowest BCUT2D eigenvalue weighted by Gasteiger charge is -2.25. The van der Waals surface area contributed by atoms with Gasteiger partial charge in [-0.1, -0.05) is 13.2 Å². The lowest BCUT2D eigenvalue weighted by molar-refractivity contribution is -0.127. The minimum atomic E-state index is 0.0139. The first-order valence-electron chi connectivity index (χ1n) is 6.93. The van der Waals surface area contributed by atoms with Gasteiger partial charge in [0.2, 0.25) is 11.8 Å². The fourth-order valence-corrected chi connectivity index (χ4v) is 1.91. The van der Waals surface area contributed by atoms with Gasteiger partial charge in [0.1, 0.15) is 0 Å². The summed E-state index contributed by atoms with van der Waals surface area (Å²) >= 11 is 0. The van der Waals surface area contributed by atoms with E-state index in [4.69, 9.17) is 0 Å². The van der Waals surface area contributed by atoms with Crippen molar-refractivity contribution in [1.82, 2.24) is 9.80 Å². The number of nitrogens with zero attached hydrogens (tertiary/aromatic N) is 2. The molecular weight excluding hydrogens is 240 g/mol. The van der Waals surface area contributed by atoms with Crippen molar-refractivity contribution >= 4 is 11.8 Å². The summed E-state index contributed by atoms with van der Waals surface area (Å²) in [4.78, 5) is 25.3. The molecule has 1 rings (SSSR count). The number of likely N-dealkylation sites (N-methyl/N-ethyl adjacent to an activating group) is 1. The minimum Gasteiger partial charge on any atom is -0.340 e. The zero-order valence-corrected chi connectivity index (χ0v) is 12.2. The topological polar surface area (TPSA) is 40.6 Å². The summed E-state index contributed by atoms with van der Waals surface area (Å²) < 4.78 is 0. The maximum absolute atomic E-state index is 11.0. The van der Waals surface area contributed by atoms with E-state index < -0.39 is 0 Å². The molecule has 0 aromatic carbocycles. The van der Waals surface area contributed by atoms with E-state index in [0.717, 1.165) is 39.0 Å². The van der Waals surface area contributed by atoms with Crippen LogP contribution in [0.2, 0.25) is 0 Å². The average molecular weight is 266 g/mol. The minimum absolute atomic E-state index is 0.0139. The third-order valence-electron chi connectivity index (χ3n) is 3.09. The highest BCUT2D eigenvalue weighted by Gasteiger charge is 2.12. The first-order valence-corrected chi connectivity index (χ1v) is 6.93. The number of hydrogen-bond acceptors (Lipinski definition) is 2. The molecule has 108 valence electrons. The normalized spacial score (nSPS) is 13.9. The molecule has 0 aromatic rings. The van der Waals surface area contributed by atoms with Gasteiger partial charge in [-0.25, -0.2) is 0 Å². The highest BCUT2D eigenvalue weighted by atomic mass is 16.2. The van der Waals surface area contributed by atoms with Gasteiger partial charge in [0.05, 0.1) is 0 Å². The fourth-order valence-electron chi connectivity index (χ4n) is 1.91. The fraction of sp³-hybridized carbons (Fsp3) is 0.600. The third-order valence-corrected chi connectivity index (χ3v) is 3.09. The summed E-state index contributed by atoms with van der Waals surface area (Å²) in [7, 11) is 0. The molecule has 2 amide bonds. The number of hydrogen-bond donors (Lipinski definition) is 0. The Morgan fingerprint density at radius 1 is 1.05 bits per heavy atom. The number of amides is 2. The van der Waals surface area contributed by atoms with E-state index >= 15 is 0 Å². The molecular formula is C15H26N2O2. The Hall–Kier alpha value is -1.58. The van der Waals surface area contributed by atoms with E-state index in [1.54, 1.807) is 4.90 Å². The van der Waals surface area contributed by atoms with Gasteiger partial charge in [-0.2, -0.15) is 0 Å². The predicted molar refractivity (Wildman–Crippen MR) is 78.8 cm³/mol. The Bertz CT molecular complexity index is 303. The summed E-state index contributed by atoms with van der Waals surface area (Å²) in [5.41, 5.74) is 0. The zero-order chi connectivity index (χ0) is 14.7. The SMILES string of the molecule is C=CC(=O)N(CC)CC.C=CC(=O)N1CCCCC1. The predicted octanol–water partition coefficient (Wildman–Crippen LogP) is 2.23. The van der Waals surface area contributed by atoms with E-state index in [-0.39, 0.29) is 11.8 Å². The van der Waals surface area contributed by atoms with Gasteiger partial charge in [-0.15, -0.1) is 0 Å². The second-order valence-electron chi connectivity index (χ2n) is 4.30. The van der Waals surface area contributed by atoms with Crippen molar-refractivity contribution in [2.24, 2.45) is 0 Å². The van der Waals surface area contributed by atoms with Crippen molar-refractivity contribution < 1.29 is 9.59 Å². The van der Waals surface area contributed by atoms with Crippen molar-refractivity contribution in [3.05, 3.63) is 25.3 Å². The molecule has 0 bridgehead atoms. The number of likely N-dealkylation sites (tertiary alicyclic amines) is 1. The van der Waals surface area contributed by atoms with Crippen molar-refractivity contribution in [3.8, 4) is 0 Å². The molecule has 1 saturated heterocycles. The number of carbonyl (C=O) groups is 2. The van der Waals surface area contributed by atoms with Gasteiger partial charge in [-0.05, 0) is 45.3 Å². The Morgan fingerprint density at radius 3 is 1.89 bits per heavy atom. The van der Waals surface area contributed by atoms with Gasteiger partial charge >= 0.3 is 0 Å². The zero-order valence-electron chi connectivity index (χ0n) is 12.2. The van der Waals surface area contributed by atoms with Crippen molar-refractivity contribution in [2.75, 3.05) is 26.2 Å². The van der Waals surface area contributed by atoms with Gasteiger partial charge in [0.15, 0.2) is 0 Å². The van der Waals surface area contributed by atoms with Crippen LogP contribution in [0.25, 0.3) is 0 Å². The van der Waals surface area contributed by atoms with Crippen molar-refractivity contribution in [2.45, 2.75) is 33.1 Å². The summed E-state index contributed by atoms with van der Waals surface area (Å²) in [6.07, 6.45) is 6.30. The molecule has 0 radical (unpaired) electrons. The van der Waals surface area contributed by atoms with Crippen LogP contribution in [0.15, 0.2) is 25.3 Å². The molecule has 1 fully saturated rings. The molecule has 0 saturated carbocycles. The highest BCUT2D eigenvalue weighted by Crippen LogP contribution is 2.08. The van der Waals surface area contributed by atoms with Crippen LogP contribution >= 0.6 is 0 Å². The number of rotatable bonds is 4. The molecule has 0 aliphatic carbocycles. The third kappa shape index (κ3) is 6.79. The number of piperidine rings is 1. The summed E-state index contributed by atoms with van der Waals surface area (Å²) in [6.45, 7) is 14.1. The molecule has 0 aromatic heterocycles. The first-order chi connectivity index (χ1) is 9.10. The summed E-state index contributed by atoms with van der Waals surface area (Å²) in [5.74, 6) is 0.0969. The highest BCUT2D eigenvalue weighted by molar-refractivity contribution is 5.87. The van der Waals surface area contributed by atoms with Crippen molar-refractivity contribution in [3.63, 3.8) is 0 Å². The van der Waals surface area contributed by atoms with Gasteiger partial charge in [-0.3, -0.25) is 9.59 Å².